The van der Waals surface area contributed by atoms with Crippen molar-refractivity contribution in [2.75, 3.05) is 12.3 Å². The average molecular weight is 218 g/mol. The van der Waals surface area contributed by atoms with Crippen molar-refractivity contribution in [2.24, 2.45) is 5.73 Å². The van der Waals surface area contributed by atoms with Crippen LogP contribution in [0.2, 0.25) is 0 Å². The average Bonchev–Trinajstić information content (AvgIpc) is 2.67. The fraction of sp³-hybridized carbons (Fsp3) is 0.333. The number of para-hydroxylation sites is 1. The number of benzene rings is 1. The molecule has 3 N–H and O–H groups in total. The molecule has 78 valence electrons. The van der Waals surface area contributed by atoms with E-state index in [1.807, 2.05) is 11.8 Å². The number of aromatic nitrogens is 1. The molecule has 0 aliphatic carbocycles. The summed E-state index contributed by atoms with van der Waals surface area (Å²) in [4.78, 5) is 3.49. The zero-order valence-corrected chi connectivity index (χ0v) is 9.31. The van der Waals surface area contributed by atoms with Crippen LogP contribution in [0.15, 0.2) is 29.3 Å². The number of nitrogens with one attached hydrogen (secondary N) is 1. The Morgan fingerprint density at radius 3 is 3.13 bits per heavy atom. The van der Waals surface area contributed by atoms with E-state index >= 15 is 0 Å². The molecule has 1 aromatic heterocycles. The highest BCUT2D eigenvalue weighted by atomic mass is 32.2. The maximum absolute atomic E-state index is 5.85. The van der Waals surface area contributed by atoms with E-state index < -0.39 is 0 Å². The van der Waals surface area contributed by atoms with Crippen molar-refractivity contribution in [1.29, 1.82) is 0 Å². The molecule has 0 saturated carbocycles. The van der Waals surface area contributed by atoms with Crippen LogP contribution in [0.3, 0.4) is 0 Å². The summed E-state index contributed by atoms with van der Waals surface area (Å²) in [6.45, 7) is 0.759. The summed E-state index contributed by atoms with van der Waals surface area (Å²) < 4.78 is 0. The Morgan fingerprint density at radius 2 is 2.27 bits per heavy atom. The summed E-state index contributed by atoms with van der Waals surface area (Å²) in [6.07, 6.45) is 1.20. The van der Waals surface area contributed by atoms with Crippen molar-refractivity contribution >= 4 is 22.7 Å². The molecule has 3 rings (SSSR count). The van der Waals surface area contributed by atoms with Crippen LogP contribution >= 0.6 is 11.8 Å². The molecule has 0 amide bonds. The Labute approximate surface area is 93.2 Å². The van der Waals surface area contributed by atoms with Gasteiger partial charge in [0.05, 0.1) is 5.03 Å². The van der Waals surface area contributed by atoms with Gasteiger partial charge >= 0.3 is 0 Å². The second kappa shape index (κ2) is 3.58. The van der Waals surface area contributed by atoms with Crippen LogP contribution in [-0.4, -0.2) is 17.3 Å². The minimum absolute atomic E-state index is 0.539. The van der Waals surface area contributed by atoms with Crippen molar-refractivity contribution in [2.45, 2.75) is 17.4 Å². The van der Waals surface area contributed by atoms with Crippen LogP contribution in [-0.2, 0) is 0 Å². The highest BCUT2D eigenvalue weighted by Gasteiger charge is 2.23. The van der Waals surface area contributed by atoms with Gasteiger partial charge in [0.15, 0.2) is 0 Å². The molecular formula is C12H14N2S. The molecule has 1 aromatic carbocycles. The summed E-state index contributed by atoms with van der Waals surface area (Å²) in [5, 5.41) is 2.69. The molecular weight excluding hydrogens is 204 g/mol. The molecule has 15 heavy (non-hydrogen) atoms. The summed E-state index contributed by atoms with van der Waals surface area (Å²) in [5.41, 5.74) is 8.54. The first-order valence-corrected chi connectivity index (χ1v) is 6.32. The molecule has 3 heteroatoms. The van der Waals surface area contributed by atoms with E-state index in [4.69, 9.17) is 5.73 Å². The smallest absolute Gasteiger partial charge is 0.0768 e. The zero-order chi connectivity index (χ0) is 10.3. The van der Waals surface area contributed by atoms with Gasteiger partial charge in [-0.25, -0.2) is 0 Å². The molecule has 1 unspecified atom stereocenters. The predicted molar refractivity (Wildman–Crippen MR) is 65.4 cm³/mol. The summed E-state index contributed by atoms with van der Waals surface area (Å²) in [7, 11) is 0. The van der Waals surface area contributed by atoms with Crippen molar-refractivity contribution in [1.82, 2.24) is 4.98 Å². The van der Waals surface area contributed by atoms with E-state index in [2.05, 4.69) is 29.2 Å². The van der Waals surface area contributed by atoms with Crippen LogP contribution in [0.4, 0.5) is 0 Å². The van der Waals surface area contributed by atoms with Crippen LogP contribution < -0.4 is 5.73 Å². The van der Waals surface area contributed by atoms with Gasteiger partial charge in [-0.15, -0.1) is 11.8 Å². The lowest BCUT2D eigenvalue weighted by Gasteiger charge is -2.20. The molecule has 1 aliphatic heterocycles. The Balaban J connectivity index is 2.27. The largest absolute Gasteiger partial charge is 0.349 e. The second-order valence-corrected chi connectivity index (χ2v) is 5.09. The number of hydrogen-bond acceptors (Lipinski definition) is 2. The summed E-state index contributed by atoms with van der Waals surface area (Å²) in [6, 6.07) is 8.51. The highest BCUT2D eigenvalue weighted by molar-refractivity contribution is 7.99. The van der Waals surface area contributed by atoms with Gasteiger partial charge in [0.1, 0.15) is 0 Å². The molecule has 2 nitrogen and oxygen atoms in total. The van der Waals surface area contributed by atoms with E-state index in [9.17, 15) is 0 Å². The monoisotopic (exact) mass is 218 g/mol. The van der Waals surface area contributed by atoms with E-state index in [0.717, 1.165) is 6.54 Å². The third-order valence-electron chi connectivity index (χ3n) is 3.12. The Hall–Kier alpha value is -0.930. The highest BCUT2D eigenvalue weighted by Crippen LogP contribution is 2.41. The first kappa shape index (κ1) is 9.31. The third-order valence-corrected chi connectivity index (χ3v) is 4.17. The third kappa shape index (κ3) is 1.38. The SMILES string of the molecule is NCC1CCSc2[nH]c3ccccc3c21. The standard InChI is InChI=1S/C12H14N2S/c13-7-8-5-6-15-12-11(8)9-3-1-2-4-10(9)14-12/h1-4,8,14H,5-7,13H2. The number of fused-ring (bicyclic) bond motifs is 3. The van der Waals surface area contributed by atoms with Gasteiger partial charge in [0.2, 0.25) is 0 Å². The summed E-state index contributed by atoms with van der Waals surface area (Å²) >= 11 is 1.92. The lowest BCUT2D eigenvalue weighted by molar-refractivity contribution is 0.661. The number of aromatic amines is 1. The van der Waals surface area contributed by atoms with Crippen LogP contribution in [0.25, 0.3) is 10.9 Å². The predicted octanol–water partition coefficient (Wildman–Crippen LogP) is 2.71. The number of rotatable bonds is 1. The lowest BCUT2D eigenvalue weighted by atomic mass is 9.96. The molecule has 1 atom stereocenters. The second-order valence-electron chi connectivity index (χ2n) is 3.98. The van der Waals surface area contributed by atoms with E-state index in [-0.39, 0.29) is 0 Å². The molecule has 0 spiro atoms. The topological polar surface area (TPSA) is 41.8 Å². The molecule has 2 heterocycles. The molecule has 0 fully saturated rings. The van der Waals surface area contributed by atoms with Gasteiger partial charge in [-0.1, -0.05) is 18.2 Å². The number of thioether (sulfide) groups is 1. The number of nitrogens with two attached hydrogens (primary N) is 1. The van der Waals surface area contributed by atoms with Crippen LogP contribution in [0, 0.1) is 0 Å². The van der Waals surface area contributed by atoms with Crippen LogP contribution in [0.1, 0.15) is 17.9 Å². The van der Waals surface area contributed by atoms with Gasteiger partial charge in [0, 0.05) is 22.6 Å². The first-order valence-electron chi connectivity index (χ1n) is 5.33. The molecule has 1 aliphatic rings. The maximum Gasteiger partial charge on any atom is 0.0768 e. The molecule has 2 aromatic rings. The van der Waals surface area contributed by atoms with E-state index in [1.165, 1.54) is 33.7 Å². The van der Waals surface area contributed by atoms with Crippen molar-refractivity contribution in [3.05, 3.63) is 29.8 Å². The van der Waals surface area contributed by atoms with Gasteiger partial charge in [-0.3, -0.25) is 0 Å². The Morgan fingerprint density at radius 1 is 1.40 bits per heavy atom. The van der Waals surface area contributed by atoms with Crippen molar-refractivity contribution < 1.29 is 0 Å². The lowest BCUT2D eigenvalue weighted by Crippen LogP contribution is -2.16. The first-order chi connectivity index (χ1) is 7.40. The fourth-order valence-corrected chi connectivity index (χ4v) is 3.56. The molecule has 0 saturated heterocycles. The molecule has 0 radical (unpaired) electrons. The number of hydrogen-bond donors (Lipinski definition) is 2. The molecule has 0 bridgehead atoms. The van der Waals surface area contributed by atoms with Crippen LogP contribution in [0.5, 0.6) is 0 Å². The van der Waals surface area contributed by atoms with Crippen molar-refractivity contribution in [3.63, 3.8) is 0 Å². The minimum Gasteiger partial charge on any atom is -0.349 e. The Kier molecular flexibility index (Phi) is 2.22. The summed E-state index contributed by atoms with van der Waals surface area (Å²) in [5.74, 6) is 1.72. The van der Waals surface area contributed by atoms with E-state index in [0.29, 0.717) is 5.92 Å². The van der Waals surface area contributed by atoms with Crippen molar-refractivity contribution in [3.8, 4) is 0 Å². The van der Waals surface area contributed by atoms with Gasteiger partial charge < -0.3 is 10.7 Å². The van der Waals surface area contributed by atoms with Gasteiger partial charge in [-0.05, 0) is 24.6 Å². The van der Waals surface area contributed by atoms with Gasteiger partial charge in [-0.2, -0.15) is 0 Å². The Bertz CT molecular complexity index is 489. The fourth-order valence-electron chi connectivity index (χ4n) is 2.34. The van der Waals surface area contributed by atoms with E-state index in [1.54, 1.807) is 0 Å². The quantitative estimate of drug-likeness (QED) is 0.772. The van der Waals surface area contributed by atoms with Gasteiger partial charge in [0.25, 0.3) is 0 Å². The number of H-pyrrole nitrogens is 1. The minimum atomic E-state index is 0.539. The normalized spacial score (nSPS) is 20.5. The maximum atomic E-state index is 5.85. The zero-order valence-electron chi connectivity index (χ0n) is 8.49.